The van der Waals surface area contributed by atoms with Gasteiger partial charge >= 0.3 is 17.9 Å². The Labute approximate surface area is 389 Å². The number of carbonyl (C=O) groups is 3. The van der Waals surface area contributed by atoms with Gasteiger partial charge < -0.3 is 19.3 Å². The Bertz CT molecular complexity index is 2560. The van der Waals surface area contributed by atoms with Gasteiger partial charge in [0.15, 0.2) is 0 Å². The predicted octanol–water partition coefficient (Wildman–Crippen LogP) is 14.7. The molecule has 0 aliphatic carbocycles. The summed E-state index contributed by atoms with van der Waals surface area (Å²) in [4.78, 5) is 39.0. The Hall–Kier alpha value is -5.53. The van der Waals surface area contributed by atoms with E-state index in [1.807, 2.05) is 62.4 Å². The molecule has 348 valence electrons. The number of aryl methyl sites for hydroxylation is 2. The fraction of sp³-hybridized carbons (Fsp3) is 0.431. The molecule has 1 N–H and O–H groups in total. The molecule has 0 heterocycles. The van der Waals surface area contributed by atoms with Crippen molar-refractivity contribution in [2.45, 2.75) is 153 Å². The molecule has 7 heteroatoms. The molecule has 65 heavy (non-hydrogen) atoms. The molecule has 0 aliphatic rings. The normalized spacial score (nSPS) is 12.9. The summed E-state index contributed by atoms with van der Waals surface area (Å²) < 4.78 is 18.2. The quantitative estimate of drug-likeness (QED) is 0.0635. The second kappa shape index (κ2) is 22.1. The van der Waals surface area contributed by atoms with Gasteiger partial charge in [-0.1, -0.05) is 151 Å². The molecular formula is C58H74O7. The number of hydrogen-bond donors (Lipinski definition) is 1. The fourth-order valence-corrected chi connectivity index (χ4v) is 9.68. The van der Waals surface area contributed by atoms with Crippen LogP contribution in [0.2, 0.25) is 0 Å². The molecule has 5 aromatic carbocycles. The number of carbonyl (C=O) groups excluding carboxylic acids is 3. The van der Waals surface area contributed by atoms with Crippen LogP contribution < -0.4 is 14.2 Å². The molecule has 0 saturated heterocycles. The van der Waals surface area contributed by atoms with Crippen LogP contribution in [0.3, 0.4) is 0 Å². The third-order valence-electron chi connectivity index (χ3n) is 11.9. The van der Waals surface area contributed by atoms with Crippen molar-refractivity contribution in [3.8, 4) is 17.2 Å². The first-order chi connectivity index (χ1) is 30.4. The summed E-state index contributed by atoms with van der Waals surface area (Å²) in [7, 11) is 0. The molecule has 1 unspecified atom stereocenters. The zero-order valence-corrected chi connectivity index (χ0v) is 42.0. The standard InChI is InChI=1S/C50H64O7.C8H10/c1-29(2)25-31(5)27-49(11,12)44-33(7)43(37-19-15-16-20-38(37)47(44)55-35(9)51)41(53)23-24-42(54)57-46-34(8)45(50(13,14)28-32(6)26-30(3)4)48(56-36(10)52)40-22-18-17-21-39(40)46;1-7-5-3-4-6-8(7)2/h15-22,27-30,41,53H,23-26H2,1-14H3;3-6H,1-2H3/b31-27+,32-28+;. The lowest BCUT2D eigenvalue weighted by molar-refractivity contribution is -0.135. The Kier molecular flexibility index (Phi) is 17.7. The Morgan fingerprint density at radius 2 is 0.923 bits per heavy atom. The largest absolute Gasteiger partial charge is 0.426 e. The lowest BCUT2D eigenvalue weighted by Crippen LogP contribution is -2.22. The summed E-state index contributed by atoms with van der Waals surface area (Å²) in [5, 5.41) is 14.8. The smallest absolute Gasteiger partial charge is 0.311 e. The Balaban J connectivity index is 0.00000104. The van der Waals surface area contributed by atoms with Gasteiger partial charge in [0.1, 0.15) is 17.2 Å². The first-order valence-corrected chi connectivity index (χ1v) is 23.1. The summed E-state index contributed by atoms with van der Waals surface area (Å²) in [6.45, 7) is 32.2. The van der Waals surface area contributed by atoms with Crippen LogP contribution in [-0.4, -0.2) is 23.0 Å². The van der Waals surface area contributed by atoms with Crippen molar-refractivity contribution in [3.63, 3.8) is 0 Å². The molecule has 0 bridgehead atoms. The maximum absolute atomic E-state index is 13.9. The zero-order valence-electron chi connectivity index (χ0n) is 42.0. The van der Waals surface area contributed by atoms with E-state index in [0.29, 0.717) is 51.0 Å². The summed E-state index contributed by atoms with van der Waals surface area (Å²) >= 11 is 0. The van der Waals surface area contributed by atoms with Gasteiger partial charge in [-0.25, -0.2) is 0 Å². The summed E-state index contributed by atoms with van der Waals surface area (Å²) in [5.74, 6) is 0.930. The van der Waals surface area contributed by atoms with Crippen LogP contribution >= 0.6 is 0 Å². The average molecular weight is 883 g/mol. The van der Waals surface area contributed by atoms with Gasteiger partial charge in [-0.15, -0.1) is 0 Å². The molecule has 7 nitrogen and oxygen atoms in total. The SMILES string of the molecule is CC(=O)Oc1c(C(C)(C)/C=C(\C)CC(C)C)c(C)c(OC(=O)CCC(O)c2c(C)c(C(C)(C)/C=C(\C)CC(C)C)c(OC(C)=O)c3ccccc23)c2ccccc12.Cc1ccccc1C. The molecule has 5 aromatic rings. The number of allylic oxidation sites excluding steroid dienone is 4. The van der Waals surface area contributed by atoms with Crippen molar-refractivity contribution >= 4 is 39.5 Å². The van der Waals surface area contributed by atoms with Gasteiger partial charge in [0.05, 0.1) is 6.10 Å². The second-order valence-corrected chi connectivity index (χ2v) is 19.9. The fourth-order valence-electron chi connectivity index (χ4n) is 9.68. The zero-order chi connectivity index (χ0) is 48.6. The predicted molar refractivity (Wildman–Crippen MR) is 268 cm³/mol. The van der Waals surface area contributed by atoms with E-state index in [1.165, 1.54) is 36.1 Å². The Morgan fingerprint density at radius 1 is 0.554 bits per heavy atom. The van der Waals surface area contributed by atoms with Gasteiger partial charge in [0.25, 0.3) is 0 Å². The molecule has 0 radical (unpaired) electrons. The highest BCUT2D eigenvalue weighted by Crippen LogP contribution is 2.48. The number of esters is 3. The highest BCUT2D eigenvalue weighted by molar-refractivity contribution is 5.99. The van der Waals surface area contributed by atoms with Crippen molar-refractivity contribution in [3.05, 3.63) is 135 Å². The van der Waals surface area contributed by atoms with Crippen molar-refractivity contribution < 1.29 is 33.7 Å². The van der Waals surface area contributed by atoms with E-state index in [1.54, 1.807) is 0 Å². The Morgan fingerprint density at radius 3 is 1.32 bits per heavy atom. The van der Waals surface area contributed by atoms with Crippen LogP contribution in [0.5, 0.6) is 17.2 Å². The molecule has 0 saturated carbocycles. The summed E-state index contributed by atoms with van der Waals surface area (Å²) in [6, 6.07) is 23.5. The molecule has 0 fully saturated rings. The maximum Gasteiger partial charge on any atom is 0.311 e. The van der Waals surface area contributed by atoms with Crippen molar-refractivity contribution in [1.29, 1.82) is 0 Å². The number of fused-ring (bicyclic) bond motifs is 2. The van der Waals surface area contributed by atoms with Gasteiger partial charge in [-0.05, 0) is 100 Å². The molecule has 0 amide bonds. The molecule has 5 rings (SSSR count). The number of ether oxygens (including phenoxy) is 3. The van der Waals surface area contributed by atoms with E-state index in [-0.39, 0.29) is 12.8 Å². The number of benzene rings is 5. The van der Waals surface area contributed by atoms with E-state index in [0.717, 1.165) is 40.3 Å². The summed E-state index contributed by atoms with van der Waals surface area (Å²) in [6.07, 6.45) is 5.26. The minimum absolute atomic E-state index is 0.0711. The van der Waals surface area contributed by atoms with Gasteiger partial charge in [0, 0.05) is 63.9 Å². The molecule has 0 aliphatic heterocycles. The van der Waals surface area contributed by atoms with Crippen LogP contribution in [0.25, 0.3) is 21.5 Å². The van der Waals surface area contributed by atoms with Crippen LogP contribution in [0.4, 0.5) is 0 Å². The van der Waals surface area contributed by atoms with Crippen molar-refractivity contribution in [2.24, 2.45) is 11.8 Å². The molecule has 0 spiro atoms. The van der Waals surface area contributed by atoms with E-state index in [2.05, 4.69) is 120 Å². The van der Waals surface area contributed by atoms with Crippen molar-refractivity contribution in [2.75, 3.05) is 0 Å². The first kappa shape index (κ1) is 52.1. The molecule has 1 atom stereocenters. The topological polar surface area (TPSA) is 99.1 Å². The van der Waals surface area contributed by atoms with Gasteiger partial charge in [-0.3, -0.25) is 14.4 Å². The van der Waals surface area contributed by atoms with E-state index in [4.69, 9.17) is 14.2 Å². The lowest BCUT2D eigenvalue weighted by atomic mass is 9.75. The summed E-state index contributed by atoms with van der Waals surface area (Å²) in [5.41, 5.74) is 7.80. The van der Waals surface area contributed by atoms with Crippen LogP contribution in [0.15, 0.2) is 96.1 Å². The van der Waals surface area contributed by atoms with E-state index < -0.39 is 34.8 Å². The van der Waals surface area contributed by atoms with E-state index in [9.17, 15) is 19.5 Å². The average Bonchev–Trinajstić information content (AvgIpc) is 3.18. The third-order valence-corrected chi connectivity index (χ3v) is 11.9. The molecular weight excluding hydrogens is 809 g/mol. The van der Waals surface area contributed by atoms with E-state index >= 15 is 0 Å². The number of hydrogen-bond acceptors (Lipinski definition) is 7. The lowest BCUT2D eigenvalue weighted by Gasteiger charge is -2.31. The second-order valence-electron chi connectivity index (χ2n) is 19.9. The highest BCUT2D eigenvalue weighted by atomic mass is 16.5. The van der Waals surface area contributed by atoms with Crippen LogP contribution in [0.1, 0.15) is 154 Å². The van der Waals surface area contributed by atoms with Gasteiger partial charge in [-0.2, -0.15) is 0 Å². The monoisotopic (exact) mass is 883 g/mol. The van der Waals surface area contributed by atoms with Gasteiger partial charge in [0.2, 0.25) is 0 Å². The number of aliphatic hydroxyl groups is 1. The highest BCUT2D eigenvalue weighted by Gasteiger charge is 2.33. The van der Waals surface area contributed by atoms with Crippen LogP contribution in [0, 0.1) is 39.5 Å². The minimum atomic E-state index is -1.03. The minimum Gasteiger partial charge on any atom is -0.426 e. The third kappa shape index (κ3) is 13.3. The van der Waals surface area contributed by atoms with Crippen molar-refractivity contribution in [1.82, 2.24) is 0 Å². The molecule has 0 aromatic heterocycles. The number of rotatable bonds is 15. The first-order valence-electron chi connectivity index (χ1n) is 23.1. The van der Waals surface area contributed by atoms with Crippen LogP contribution in [-0.2, 0) is 25.2 Å². The maximum atomic E-state index is 13.9. The number of aliphatic hydroxyl groups excluding tert-OH is 1.